The van der Waals surface area contributed by atoms with Crippen LogP contribution in [-0.2, 0) is 0 Å². The number of carbonyl (C=O) groups is 1. The quantitative estimate of drug-likeness (QED) is 0.221. The largest absolute Gasteiger partial charge is 0.355 e. The topological polar surface area (TPSA) is 98.6 Å². The highest BCUT2D eigenvalue weighted by Gasteiger charge is 2.18. The normalized spacial score (nSPS) is 12.8. The lowest BCUT2D eigenvalue weighted by Gasteiger charge is -2.12. The van der Waals surface area contributed by atoms with Crippen LogP contribution in [0.4, 0.5) is 11.4 Å². The van der Waals surface area contributed by atoms with Gasteiger partial charge in [0.15, 0.2) is 5.84 Å². The Morgan fingerprint density at radius 3 is 2.78 bits per heavy atom. The number of anilines is 2. The summed E-state index contributed by atoms with van der Waals surface area (Å²) >= 11 is 0. The van der Waals surface area contributed by atoms with E-state index in [-0.39, 0.29) is 5.91 Å². The first kappa shape index (κ1) is 19.6. The maximum absolute atomic E-state index is 12.7. The molecule has 0 atom stereocenters. The number of rotatable bonds is 5. The van der Waals surface area contributed by atoms with Crippen LogP contribution in [0.5, 0.6) is 0 Å². The Kier molecular flexibility index (Phi) is 5.18. The Labute approximate surface area is 185 Å². The Hall–Kier alpha value is -4.31. The third-order valence-corrected chi connectivity index (χ3v) is 5.32. The van der Waals surface area contributed by atoms with Crippen molar-refractivity contribution in [2.24, 2.45) is 5.92 Å². The first-order chi connectivity index (χ1) is 15.7. The van der Waals surface area contributed by atoms with Gasteiger partial charge in [-0.1, -0.05) is 24.0 Å². The van der Waals surface area contributed by atoms with Gasteiger partial charge in [0.2, 0.25) is 0 Å². The number of amides is 1. The molecule has 1 aliphatic carbocycles. The summed E-state index contributed by atoms with van der Waals surface area (Å²) < 4.78 is 1.71. The van der Waals surface area contributed by atoms with Gasteiger partial charge in [0, 0.05) is 29.4 Å². The number of hydrogen-bond donors (Lipinski definition) is 4. The van der Waals surface area contributed by atoms with E-state index in [0.717, 1.165) is 16.6 Å². The Morgan fingerprint density at radius 1 is 1.16 bits per heavy atom. The van der Waals surface area contributed by atoms with E-state index < -0.39 is 0 Å². The Morgan fingerprint density at radius 2 is 1.97 bits per heavy atom. The molecule has 0 spiro atoms. The molecule has 0 saturated heterocycles. The van der Waals surface area contributed by atoms with Crippen LogP contribution in [0.1, 0.15) is 28.9 Å². The number of aromatic amines is 1. The van der Waals surface area contributed by atoms with Gasteiger partial charge in [0.05, 0.1) is 23.3 Å². The maximum atomic E-state index is 12.7. The monoisotopic (exact) mass is 422 g/mol. The van der Waals surface area contributed by atoms with Crippen molar-refractivity contribution in [3.05, 3.63) is 78.2 Å². The minimum absolute atomic E-state index is 0.164. The smallest absolute Gasteiger partial charge is 0.254 e. The molecule has 158 valence electrons. The average molecular weight is 422 g/mol. The van der Waals surface area contributed by atoms with Gasteiger partial charge in [-0.25, -0.2) is 0 Å². The second kappa shape index (κ2) is 8.44. The predicted octanol–water partition coefficient (Wildman–Crippen LogP) is 4.12. The van der Waals surface area contributed by atoms with Gasteiger partial charge in [-0.2, -0.15) is 5.10 Å². The van der Waals surface area contributed by atoms with Gasteiger partial charge in [0.25, 0.3) is 5.91 Å². The van der Waals surface area contributed by atoms with Crippen molar-refractivity contribution in [1.82, 2.24) is 20.1 Å². The van der Waals surface area contributed by atoms with Crippen LogP contribution >= 0.6 is 0 Å². The molecule has 0 bridgehead atoms. The molecule has 32 heavy (non-hydrogen) atoms. The average Bonchev–Trinajstić information content (AvgIpc) is 3.30. The van der Waals surface area contributed by atoms with Crippen LogP contribution in [0.25, 0.3) is 10.9 Å². The third kappa shape index (κ3) is 4.12. The van der Waals surface area contributed by atoms with Crippen molar-refractivity contribution in [3.63, 3.8) is 0 Å². The minimum atomic E-state index is -0.164. The zero-order valence-electron chi connectivity index (χ0n) is 17.4. The second-order valence-corrected chi connectivity index (χ2v) is 7.72. The molecule has 1 amide bonds. The summed E-state index contributed by atoms with van der Waals surface area (Å²) in [5.74, 6) is 6.83. The Bertz CT molecular complexity index is 1350. The van der Waals surface area contributed by atoms with Crippen molar-refractivity contribution in [2.75, 3.05) is 11.9 Å². The van der Waals surface area contributed by atoms with E-state index in [4.69, 9.17) is 5.41 Å². The van der Waals surface area contributed by atoms with E-state index >= 15 is 0 Å². The third-order valence-electron chi connectivity index (χ3n) is 5.32. The van der Waals surface area contributed by atoms with Crippen molar-refractivity contribution in [2.45, 2.75) is 12.8 Å². The minimum Gasteiger partial charge on any atom is -0.355 e. The lowest BCUT2D eigenvalue weighted by atomic mass is 10.1. The lowest BCUT2D eigenvalue weighted by Crippen LogP contribution is -2.24. The van der Waals surface area contributed by atoms with Crippen LogP contribution < -0.4 is 10.6 Å². The van der Waals surface area contributed by atoms with Crippen molar-refractivity contribution >= 4 is 34.0 Å². The number of benzene rings is 2. The first-order valence-corrected chi connectivity index (χ1v) is 10.5. The number of nitrogens with one attached hydrogen (secondary N) is 4. The SMILES string of the molecule is N=C(c1n[nH]c2cc(Nc3ccccc3C(=O)NCC#CC3CC3)ccc12)n1cccc1. The maximum Gasteiger partial charge on any atom is 0.254 e. The fourth-order valence-electron chi connectivity index (χ4n) is 3.47. The summed E-state index contributed by atoms with van der Waals surface area (Å²) in [6.45, 7) is 0.347. The molecule has 2 aromatic carbocycles. The van der Waals surface area contributed by atoms with E-state index in [1.807, 2.05) is 60.9 Å². The highest BCUT2D eigenvalue weighted by atomic mass is 16.1. The molecule has 2 aromatic heterocycles. The summed E-state index contributed by atoms with van der Waals surface area (Å²) in [7, 11) is 0. The van der Waals surface area contributed by atoms with Crippen LogP contribution in [0.15, 0.2) is 67.0 Å². The number of carbonyl (C=O) groups excluding carboxylic acids is 1. The van der Waals surface area contributed by atoms with E-state index in [1.165, 1.54) is 12.8 Å². The molecule has 1 fully saturated rings. The highest BCUT2D eigenvalue weighted by Crippen LogP contribution is 2.27. The van der Waals surface area contributed by atoms with Gasteiger partial charge in [-0.3, -0.25) is 15.3 Å². The zero-order chi connectivity index (χ0) is 21.9. The number of aromatic nitrogens is 3. The molecule has 4 aromatic rings. The lowest BCUT2D eigenvalue weighted by molar-refractivity contribution is 0.0959. The molecular formula is C25H22N6O. The second-order valence-electron chi connectivity index (χ2n) is 7.72. The molecular weight excluding hydrogens is 400 g/mol. The predicted molar refractivity (Wildman–Crippen MR) is 125 cm³/mol. The summed E-state index contributed by atoms with van der Waals surface area (Å²) in [6, 6.07) is 16.9. The van der Waals surface area contributed by atoms with Gasteiger partial charge in [0.1, 0.15) is 5.69 Å². The van der Waals surface area contributed by atoms with Gasteiger partial charge in [-0.05, 0) is 55.3 Å². The highest BCUT2D eigenvalue weighted by molar-refractivity contribution is 6.07. The van der Waals surface area contributed by atoms with E-state index in [1.54, 1.807) is 10.6 Å². The van der Waals surface area contributed by atoms with Crippen LogP contribution in [-0.4, -0.2) is 33.1 Å². The Balaban J connectivity index is 1.34. The molecule has 0 radical (unpaired) electrons. The number of hydrogen-bond acceptors (Lipinski definition) is 4. The molecule has 1 saturated carbocycles. The molecule has 2 heterocycles. The fraction of sp³-hybridized carbons (Fsp3) is 0.160. The van der Waals surface area contributed by atoms with E-state index in [9.17, 15) is 4.79 Å². The fourth-order valence-corrected chi connectivity index (χ4v) is 3.47. The van der Waals surface area contributed by atoms with E-state index in [0.29, 0.717) is 35.2 Å². The summed E-state index contributed by atoms with van der Waals surface area (Å²) in [5.41, 5.74) is 3.46. The molecule has 4 N–H and O–H groups in total. The van der Waals surface area contributed by atoms with Crippen molar-refractivity contribution in [1.29, 1.82) is 5.41 Å². The van der Waals surface area contributed by atoms with Crippen molar-refractivity contribution < 1.29 is 4.79 Å². The molecule has 0 unspecified atom stereocenters. The summed E-state index contributed by atoms with van der Waals surface area (Å²) in [5, 5.41) is 22.8. The van der Waals surface area contributed by atoms with Crippen LogP contribution in [0.3, 0.4) is 0 Å². The number of H-pyrrole nitrogens is 1. The van der Waals surface area contributed by atoms with E-state index in [2.05, 4.69) is 32.7 Å². The molecule has 5 rings (SSSR count). The molecule has 1 aliphatic rings. The standard InChI is InChI=1S/C25H22N6O/c26-24(31-14-3-4-15-31)23-19-12-11-18(16-22(19)29-30-23)28-21-8-2-1-7-20(21)25(32)27-13-5-6-17-9-10-17/h1-4,7-8,11-12,14-17,26,28H,9-10,13H2,(H,27,32)(H,29,30). The zero-order valence-corrected chi connectivity index (χ0v) is 17.4. The van der Waals surface area contributed by atoms with Crippen LogP contribution in [0.2, 0.25) is 0 Å². The van der Waals surface area contributed by atoms with Gasteiger partial charge < -0.3 is 15.2 Å². The van der Waals surface area contributed by atoms with Crippen molar-refractivity contribution in [3.8, 4) is 11.8 Å². The summed E-state index contributed by atoms with van der Waals surface area (Å²) in [6.07, 6.45) is 5.98. The first-order valence-electron chi connectivity index (χ1n) is 10.5. The molecule has 7 heteroatoms. The number of nitrogens with zero attached hydrogens (tertiary/aromatic N) is 2. The van der Waals surface area contributed by atoms with Gasteiger partial charge >= 0.3 is 0 Å². The van der Waals surface area contributed by atoms with Gasteiger partial charge in [-0.15, -0.1) is 0 Å². The number of para-hydroxylation sites is 1. The number of fused-ring (bicyclic) bond motifs is 1. The summed E-state index contributed by atoms with van der Waals surface area (Å²) in [4.78, 5) is 12.7. The van der Waals surface area contributed by atoms with Crippen LogP contribution in [0, 0.1) is 23.2 Å². The molecule has 7 nitrogen and oxygen atoms in total. The molecule has 0 aliphatic heterocycles.